The zero-order valence-corrected chi connectivity index (χ0v) is 11.8. The third kappa shape index (κ3) is 5.28. The van der Waals surface area contributed by atoms with Gasteiger partial charge in [0.2, 0.25) is 11.8 Å². The zero-order chi connectivity index (χ0) is 16.2. The Morgan fingerprint density at radius 2 is 2.00 bits per heavy atom. The summed E-state index contributed by atoms with van der Waals surface area (Å²) in [5.74, 6) is -2.73. The van der Waals surface area contributed by atoms with Gasteiger partial charge in [0, 0.05) is 13.0 Å². The normalized spacial score (nSPS) is 23.5. The van der Waals surface area contributed by atoms with Crippen molar-refractivity contribution in [1.82, 2.24) is 10.6 Å². The number of amides is 2. The highest BCUT2D eigenvalue weighted by molar-refractivity contribution is 7.86. The van der Waals surface area contributed by atoms with E-state index in [0.29, 0.717) is 0 Å². The Morgan fingerprint density at radius 1 is 1.38 bits per heavy atom. The van der Waals surface area contributed by atoms with Crippen LogP contribution >= 0.6 is 0 Å². The van der Waals surface area contributed by atoms with Crippen molar-refractivity contribution in [3.05, 3.63) is 0 Å². The van der Waals surface area contributed by atoms with Crippen molar-refractivity contribution in [2.75, 3.05) is 6.54 Å². The molecule has 21 heavy (non-hydrogen) atoms. The van der Waals surface area contributed by atoms with Crippen molar-refractivity contribution in [2.24, 2.45) is 5.73 Å². The molecule has 0 aromatic heterocycles. The van der Waals surface area contributed by atoms with E-state index >= 15 is 0 Å². The summed E-state index contributed by atoms with van der Waals surface area (Å²) in [6.45, 7) is -0.101. The van der Waals surface area contributed by atoms with Crippen LogP contribution in [-0.4, -0.2) is 59.7 Å². The highest BCUT2D eigenvalue weighted by atomic mass is 32.2. The first-order valence-corrected chi connectivity index (χ1v) is 7.62. The summed E-state index contributed by atoms with van der Waals surface area (Å²) in [7, 11) is -4.26. The van der Waals surface area contributed by atoms with Gasteiger partial charge in [-0.2, -0.15) is 8.42 Å². The average molecular weight is 323 g/mol. The van der Waals surface area contributed by atoms with Crippen molar-refractivity contribution < 1.29 is 32.5 Å². The number of hydrogen-bond acceptors (Lipinski definition) is 6. The van der Waals surface area contributed by atoms with Gasteiger partial charge in [0.05, 0.1) is 6.04 Å². The molecule has 0 bridgehead atoms. The van der Waals surface area contributed by atoms with Crippen LogP contribution in [0, 0.1) is 0 Å². The van der Waals surface area contributed by atoms with Crippen molar-refractivity contribution in [3.8, 4) is 0 Å². The Morgan fingerprint density at radius 3 is 2.43 bits per heavy atom. The number of aliphatic carboxylic acids is 1. The van der Waals surface area contributed by atoms with Crippen molar-refractivity contribution in [1.29, 1.82) is 0 Å². The molecule has 0 unspecified atom stereocenters. The van der Waals surface area contributed by atoms with Crippen LogP contribution in [0.2, 0.25) is 0 Å². The number of rotatable bonds is 7. The van der Waals surface area contributed by atoms with E-state index in [9.17, 15) is 22.8 Å². The summed E-state index contributed by atoms with van der Waals surface area (Å²) in [5.41, 5.74) is 4.91. The molecule has 0 radical (unpaired) electrons. The van der Waals surface area contributed by atoms with Crippen LogP contribution in [0.25, 0.3) is 0 Å². The molecule has 2 amide bonds. The maximum absolute atomic E-state index is 11.8. The number of carboxylic acids is 1. The van der Waals surface area contributed by atoms with Gasteiger partial charge < -0.3 is 21.5 Å². The Kier molecular flexibility index (Phi) is 5.63. The van der Waals surface area contributed by atoms with Crippen LogP contribution < -0.4 is 16.4 Å². The van der Waals surface area contributed by atoms with E-state index in [-0.39, 0.29) is 25.8 Å². The molecule has 1 rings (SSSR count). The second-order valence-corrected chi connectivity index (χ2v) is 6.43. The predicted octanol–water partition coefficient (Wildman–Crippen LogP) is -2.56. The van der Waals surface area contributed by atoms with Crippen LogP contribution in [0.5, 0.6) is 0 Å². The summed E-state index contributed by atoms with van der Waals surface area (Å²) in [6.07, 6.45) is -0.527. The maximum atomic E-state index is 11.8. The standard InChI is InChI=1S/C10H17N3O7S/c11-8(14)2-1-6(10(16)17)13-9(15)7-3-5(4-12-7)21(18,19)20/h5-7,12H,1-4H2,(H2,11,14)(H,13,15)(H,16,17)(H,18,19,20)/t5-,6-,7+/m0/s1. The molecule has 1 heterocycles. The Labute approximate surface area is 120 Å². The molecule has 1 fully saturated rings. The number of nitrogens with one attached hydrogen (secondary N) is 2. The van der Waals surface area contributed by atoms with Crippen LogP contribution in [0.4, 0.5) is 0 Å². The average Bonchev–Trinajstić information content (AvgIpc) is 2.82. The Hall–Kier alpha value is -1.72. The van der Waals surface area contributed by atoms with Gasteiger partial charge in [0.15, 0.2) is 0 Å². The lowest BCUT2D eigenvalue weighted by Crippen LogP contribution is -2.48. The first kappa shape index (κ1) is 17.3. The minimum Gasteiger partial charge on any atom is -0.480 e. The molecule has 0 aromatic rings. The molecular formula is C10H17N3O7S. The minimum atomic E-state index is -4.26. The molecule has 11 heteroatoms. The smallest absolute Gasteiger partial charge is 0.326 e. The molecule has 120 valence electrons. The Bertz CT molecular complexity index is 533. The fourth-order valence-corrected chi connectivity index (χ4v) is 2.69. The lowest BCUT2D eigenvalue weighted by atomic mass is 10.1. The number of hydrogen-bond donors (Lipinski definition) is 5. The molecule has 1 aliphatic rings. The lowest BCUT2D eigenvalue weighted by Gasteiger charge is -2.17. The SMILES string of the molecule is NC(=O)CC[C@H](NC(=O)[C@H]1C[C@H](S(=O)(=O)O)CN1)C(=O)O. The van der Waals surface area contributed by atoms with Gasteiger partial charge in [-0.3, -0.25) is 14.1 Å². The van der Waals surface area contributed by atoms with E-state index in [2.05, 4.69) is 10.6 Å². The third-order valence-corrected chi connectivity index (χ3v) is 4.32. The van der Waals surface area contributed by atoms with E-state index in [1.807, 2.05) is 0 Å². The van der Waals surface area contributed by atoms with E-state index < -0.39 is 45.2 Å². The van der Waals surface area contributed by atoms with Gasteiger partial charge in [0.1, 0.15) is 11.3 Å². The second kappa shape index (κ2) is 6.83. The molecule has 10 nitrogen and oxygen atoms in total. The highest BCUT2D eigenvalue weighted by Crippen LogP contribution is 2.14. The molecule has 0 saturated carbocycles. The van der Waals surface area contributed by atoms with Gasteiger partial charge >= 0.3 is 5.97 Å². The topological polar surface area (TPSA) is 176 Å². The van der Waals surface area contributed by atoms with E-state index in [1.165, 1.54) is 0 Å². The molecule has 0 aromatic carbocycles. The van der Waals surface area contributed by atoms with Gasteiger partial charge in [-0.15, -0.1) is 0 Å². The fraction of sp³-hybridized carbons (Fsp3) is 0.700. The molecule has 1 aliphatic heterocycles. The van der Waals surface area contributed by atoms with Gasteiger partial charge in [-0.25, -0.2) is 4.79 Å². The van der Waals surface area contributed by atoms with E-state index in [1.54, 1.807) is 0 Å². The first-order chi connectivity index (χ1) is 9.61. The maximum Gasteiger partial charge on any atom is 0.326 e. The van der Waals surface area contributed by atoms with Crippen LogP contribution in [-0.2, 0) is 24.5 Å². The minimum absolute atomic E-state index is 0.101. The van der Waals surface area contributed by atoms with Crippen LogP contribution in [0.1, 0.15) is 19.3 Å². The molecule has 3 atom stereocenters. The van der Waals surface area contributed by atoms with Gasteiger partial charge in [0.25, 0.3) is 10.1 Å². The summed E-state index contributed by atoms with van der Waals surface area (Å²) in [4.78, 5) is 33.4. The largest absolute Gasteiger partial charge is 0.480 e. The monoisotopic (exact) mass is 323 g/mol. The third-order valence-electron chi connectivity index (χ3n) is 3.12. The molecule has 0 spiro atoms. The lowest BCUT2D eigenvalue weighted by molar-refractivity contribution is -0.142. The summed E-state index contributed by atoms with van der Waals surface area (Å²) in [6, 6.07) is -2.22. The number of carbonyl (C=O) groups excluding carboxylic acids is 2. The number of carbonyl (C=O) groups is 3. The number of carboxylic acid groups (broad SMARTS) is 1. The van der Waals surface area contributed by atoms with Crippen LogP contribution in [0.15, 0.2) is 0 Å². The molecular weight excluding hydrogens is 306 g/mol. The van der Waals surface area contributed by atoms with Gasteiger partial charge in [-0.1, -0.05) is 0 Å². The predicted molar refractivity (Wildman–Crippen MR) is 69.7 cm³/mol. The van der Waals surface area contributed by atoms with Gasteiger partial charge in [-0.05, 0) is 12.8 Å². The second-order valence-electron chi connectivity index (χ2n) is 4.74. The summed E-state index contributed by atoms with van der Waals surface area (Å²) in [5, 5.41) is 12.6. The molecule has 0 aliphatic carbocycles. The number of nitrogens with two attached hydrogens (primary N) is 1. The highest BCUT2D eigenvalue weighted by Gasteiger charge is 2.37. The zero-order valence-electron chi connectivity index (χ0n) is 11.0. The quantitative estimate of drug-likeness (QED) is 0.318. The van der Waals surface area contributed by atoms with Crippen molar-refractivity contribution >= 4 is 27.9 Å². The molecule has 1 saturated heterocycles. The van der Waals surface area contributed by atoms with Crippen molar-refractivity contribution in [2.45, 2.75) is 36.6 Å². The fourth-order valence-electron chi connectivity index (χ4n) is 1.95. The van der Waals surface area contributed by atoms with E-state index in [0.717, 1.165) is 0 Å². The first-order valence-electron chi connectivity index (χ1n) is 6.12. The van der Waals surface area contributed by atoms with E-state index in [4.69, 9.17) is 15.4 Å². The molecule has 6 N–H and O–H groups in total. The van der Waals surface area contributed by atoms with Crippen LogP contribution in [0.3, 0.4) is 0 Å². The summed E-state index contributed by atoms with van der Waals surface area (Å²) >= 11 is 0. The number of primary amides is 1. The van der Waals surface area contributed by atoms with Crippen molar-refractivity contribution in [3.63, 3.8) is 0 Å². The Balaban J connectivity index is 2.59. The summed E-state index contributed by atoms with van der Waals surface area (Å²) < 4.78 is 30.8.